The van der Waals surface area contributed by atoms with Gasteiger partial charge in [0.1, 0.15) is 6.04 Å². The van der Waals surface area contributed by atoms with Crippen LogP contribution in [-0.4, -0.2) is 53.2 Å². The summed E-state index contributed by atoms with van der Waals surface area (Å²) in [5.41, 5.74) is 1.50. The van der Waals surface area contributed by atoms with Crippen molar-refractivity contribution in [3.63, 3.8) is 0 Å². The lowest BCUT2D eigenvalue weighted by Crippen LogP contribution is -2.54. The monoisotopic (exact) mass is 410 g/mol. The van der Waals surface area contributed by atoms with Crippen LogP contribution in [0.3, 0.4) is 0 Å². The van der Waals surface area contributed by atoms with Crippen LogP contribution < -0.4 is 16.0 Å². The van der Waals surface area contributed by atoms with Crippen molar-refractivity contribution in [3.05, 3.63) is 34.9 Å². The Morgan fingerprint density at radius 2 is 1.87 bits per heavy atom. The van der Waals surface area contributed by atoms with Gasteiger partial charge in [0.05, 0.1) is 11.1 Å². The summed E-state index contributed by atoms with van der Waals surface area (Å²) in [7, 11) is 0. The van der Waals surface area contributed by atoms with E-state index in [1.807, 2.05) is 6.07 Å². The first-order valence-corrected chi connectivity index (χ1v) is 10.8. The topological polar surface area (TPSA) is 108 Å². The summed E-state index contributed by atoms with van der Waals surface area (Å²) < 4.78 is 0. The van der Waals surface area contributed by atoms with E-state index >= 15 is 0 Å². The van der Waals surface area contributed by atoms with Gasteiger partial charge in [-0.1, -0.05) is 12.1 Å². The van der Waals surface area contributed by atoms with Crippen molar-refractivity contribution in [2.24, 2.45) is 5.92 Å². The van der Waals surface area contributed by atoms with Crippen molar-refractivity contribution in [3.8, 4) is 0 Å². The van der Waals surface area contributed by atoms with Gasteiger partial charge in [0.2, 0.25) is 11.8 Å². The number of hydrogen-bond acceptors (Lipinski definition) is 6. The minimum atomic E-state index is -0.931. The van der Waals surface area contributed by atoms with Crippen molar-refractivity contribution < 1.29 is 19.2 Å². The van der Waals surface area contributed by atoms with Gasteiger partial charge < -0.3 is 10.6 Å². The second kappa shape index (κ2) is 7.59. The number of carbonyl (C=O) groups is 4. The van der Waals surface area contributed by atoms with Gasteiger partial charge >= 0.3 is 0 Å². The van der Waals surface area contributed by atoms with E-state index in [0.29, 0.717) is 29.8 Å². The summed E-state index contributed by atoms with van der Waals surface area (Å²) in [6, 6.07) is 5.31. The molecular formula is C22H26N4O4. The van der Waals surface area contributed by atoms with Gasteiger partial charge in [-0.3, -0.25) is 29.4 Å². The fourth-order valence-corrected chi connectivity index (χ4v) is 4.98. The third-order valence-corrected chi connectivity index (χ3v) is 6.76. The predicted octanol–water partition coefficient (Wildman–Crippen LogP) is 0.708. The van der Waals surface area contributed by atoms with Gasteiger partial charge in [-0.25, -0.2) is 0 Å². The van der Waals surface area contributed by atoms with Crippen LogP contribution in [0.1, 0.15) is 64.8 Å². The lowest BCUT2D eigenvalue weighted by Gasteiger charge is -2.31. The largest absolute Gasteiger partial charge is 0.314 e. The number of nitrogens with one attached hydrogen (secondary N) is 3. The molecule has 3 atom stereocenters. The summed E-state index contributed by atoms with van der Waals surface area (Å²) in [6.07, 6.45) is 5.02. The Morgan fingerprint density at radius 3 is 2.63 bits per heavy atom. The predicted molar refractivity (Wildman–Crippen MR) is 107 cm³/mol. The number of benzene rings is 1. The normalized spacial score (nSPS) is 29.2. The third-order valence-electron chi connectivity index (χ3n) is 6.76. The highest BCUT2D eigenvalue weighted by Gasteiger charge is 2.45. The van der Waals surface area contributed by atoms with E-state index in [2.05, 4.69) is 16.0 Å². The van der Waals surface area contributed by atoms with Crippen LogP contribution >= 0.6 is 0 Å². The van der Waals surface area contributed by atoms with Gasteiger partial charge in [0.25, 0.3) is 11.8 Å². The van der Waals surface area contributed by atoms with Gasteiger partial charge in [-0.2, -0.15) is 0 Å². The Balaban J connectivity index is 1.32. The third kappa shape index (κ3) is 3.44. The highest BCUT2D eigenvalue weighted by Crippen LogP contribution is 2.36. The molecule has 1 aromatic carbocycles. The van der Waals surface area contributed by atoms with Gasteiger partial charge in [-0.05, 0) is 56.2 Å². The Labute approximate surface area is 174 Å². The maximum Gasteiger partial charge on any atom is 0.262 e. The lowest BCUT2D eigenvalue weighted by molar-refractivity contribution is -0.136. The number of amides is 4. The number of fused-ring (bicyclic) bond motifs is 1. The molecule has 3 heterocycles. The van der Waals surface area contributed by atoms with E-state index in [-0.39, 0.29) is 18.7 Å². The summed E-state index contributed by atoms with van der Waals surface area (Å²) in [4.78, 5) is 50.8. The van der Waals surface area contributed by atoms with Crippen molar-refractivity contribution in [2.45, 2.75) is 63.2 Å². The molecule has 4 aliphatic rings. The average molecular weight is 410 g/mol. The van der Waals surface area contributed by atoms with E-state index in [1.165, 1.54) is 12.8 Å². The maximum atomic E-state index is 13.2. The summed E-state index contributed by atoms with van der Waals surface area (Å²) in [5.74, 6) is -1.05. The quantitative estimate of drug-likeness (QED) is 0.617. The minimum Gasteiger partial charge on any atom is -0.314 e. The number of nitrogens with zero attached hydrogens (tertiary/aromatic N) is 1. The first-order chi connectivity index (χ1) is 14.5. The summed E-state index contributed by atoms with van der Waals surface area (Å²) in [6.45, 7) is 1.50. The molecule has 3 unspecified atom stereocenters. The zero-order valence-corrected chi connectivity index (χ0v) is 16.8. The zero-order valence-electron chi connectivity index (χ0n) is 16.8. The number of rotatable bonds is 5. The van der Waals surface area contributed by atoms with Crippen molar-refractivity contribution in [2.75, 3.05) is 6.54 Å². The van der Waals surface area contributed by atoms with Crippen LogP contribution in [0.15, 0.2) is 18.2 Å². The van der Waals surface area contributed by atoms with Crippen LogP contribution in [0.25, 0.3) is 0 Å². The van der Waals surface area contributed by atoms with Gasteiger partial charge in [-0.15, -0.1) is 0 Å². The molecule has 0 bridgehead atoms. The molecule has 3 aliphatic heterocycles. The first-order valence-electron chi connectivity index (χ1n) is 10.8. The molecule has 1 aliphatic carbocycles. The maximum absolute atomic E-state index is 13.2. The van der Waals surface area contributed by atoms with Crippen molar-refractivity contribution in [1.29, 1.82) is 0 Å². The molecule has 158 valence electrons. The van der Waals surface area contributed by atoms with Gasteiger partial charge in [0, 0.05) is 25.0 Å². The Bertz CT molecular complexity index is 926. The van der Waals surface area contributed by atoms with Crippen LogP contribution in [0.2, 0.25) is 0 Å². The first kappa shape index (κ1) is 19.4. The van der Waals surface area contributed by atoms with E-state index in [4.69, 9.17) is 0 Å². The van der Waals surface area contributed by atoms with E-state index < -0.39 is 23.8 Å². The molecular weight excluding hydrogens is 384 g/mol. The highest BCUT2D eigenvalue weighted by atomic mass is 16.2. The molecule has 8 heteroatoms. The highest BCUT2D eigenvalue weighted by molar-refractivity contribution is 6.24. The number of hydrogen-bond donors (Lipinski definition) is 3. The van der Waals surface area contributed by atoms with E-state index in [0.717, 1.165) is 35.8 Å². The molecule has 0 spiro atoms. The van der Waals surface area contributed by atoms with Crippen LogP contribution in [0, 0.1) is 5.92 Å². The molecule has 1 saturated carbocycles. The smallest absolute Gasteiger partial charge is 0.262 e. The molecule has 0 aromatic heterocycles. The Morgan fingerprint density at radius 1 is 1.03 bits per heavy atom. The molecule has 1 aromatic rings. The van der Waals surface area contributed by atoms with Gasteiger partial charge in [0.15, 0.2) is 0 Å². The molecule has 4 amide bonds. The summed E-state index contributed by atoms with van der Waals surface area (Å²) >= 11 is 0. The fourth-order valence-electron chi connectivity index (χ4n) is 4.98. The van der Waals surface area contributed by atoms with E-state index in [1.54, 1.807) is 12.1 Å². The van der Waals surface area contributed by atoms with Crippen LogP contribution in [-0.2, 0) is 16.1 Å². The number of carbonyl (C=O) groups excluding carboxylic acids is 4. The molecule has 8 nitrogen and oxygen atoms in total. The van der Waals surface area contributed by atoms with Crippen LogP contribution in [0.5, 0.6) is 0 Å². The average Bonchev–Trinajstić information content (AvgIpc) is 3.55. The molecule has 3 N–H and O–H groups in total. The molecule has 0 radical (unpaired) electrons. The number of imide groups is 2. The lowest BCUT2D eigenvalue weighted by atomic mass is 9.95. The molecule has 3 fully saturated rings. The molecule has 5 rings (SSSR count). The molecule has 30 heavy (non-hydrogen) atoms. The van der Waals surface area contributed by atoms with Crippen molar-refractivity contribution in [1.82, 2.24) is 20.9 Å². The SMILES string of the molecule is O=C1CCC(N2C(=O)c3cccc(CNC4CCNC(C5CC5)C4)c3C2=O)C(=O)N1. The second-order valence-electron chi connectivity index (χ2n) is 8.79. The number of piperidine rings is 2. The fraction of sp³-hybridized carbons (Fsp3) is 0.545. The van der Waals surface area contributed by atoms with E-state index in [9.17, 15) is 19.2 Å². The Hall–Kier alpha value is -2.58. The molecule has 2 saturated heterocycles. The minimum absolute atomic E-state index is 0.121. The zero-order chi connectivity index (χ0) is 20.8. The second-order valence-corrected chi connectivity index (χ2v) is 8.79. The van der Waals surface area contributed by atoms with Crippen molar-refractivity contribution >= 4 is 23.6 Å². The Kier molecular flexibility index (Phi) is 4.91. The van der Waals surface area contributed by atoms with Crippen LogP contribution in [0.4, 0.5) is 0 Å². The summed E-state index contributed by atoms with van der Waals surface area (Å²) in [5, 5.41) is 9.42. The standard InChI is InChI=1S/C22H26N4O4/c27-18-7-6-17(20(28)25-18)26-21(29)15-3-1-2-13(19(15)22(26)30)11-24-14-8-9-23-16(10-14)12-4-5-12/h1-3,12,14,16-17,23-24H,4-11H2,(H,25,27,28).